The monoisotopic (exact) mass is 285 g/mol. The average molecular weight is 285 g/mol. The summed E-state index contributed by atoms with van der Waals surface area (Å²) in [4.78, 5) is 12.4. The maximum atomic E-state index is 5.68. The quantitative estimate of drug-likeness (QED) is 0.897. The van der Waals surface area contributed by atoms with Gasteiger partial charge in [-0.3, -0.25) is 0 Å². The molecule has 1 aromatic heterocycles. The SMILES string of the molecule is CCC(Nc1nc(C)nc(N)n1)c1cccc2c1COC2. The zero-order valence-corrected chi connectivity index (χ0v) is 12.3. The molecule has 2 heterocycles. The van der Waals surface area contributed by atoms with E-state index in [0.29, 0.717) is 25.0 Å². The van der Waals surface area contributed by atoms with Crippen LogP contribution in [0.25, 0.3) is 0 Å². The van der Waals surface area contributed by atoms with E-state index in [-0.39, 0.29) is 12.0 Å². The average Bonchev–Trinajstić information content (AvgIpc) is 2.92. The first-order chi connectivity index (χ1) is 10.2. The molecule has 110 valence electrons. The Balaban J connectivity index is 1.91. The van der Waals surface area contributed by atoms with Crippen molar-refractivity contribution in [2.24, 2.45) is 0 Å². The van der Waals surface area contributed by atoms with Gasteiger partial charge in [0.05, 0.1) is 19.3 Å². The molecule has 0 fully saturated rings. The third kappa shape index (κ3) is 2.80. The fraction of sp³-hybridized carbons (Fsp3) is 0.400. The predicted molar refractivity (Wildman–Crippen MR) is 80.6 cm³/mol. The summed E-state index contributed by atoms with van der Waals surface area (Å²) in [5, 5.41) is 3.36. The van der Waals surface area contributed by atoms with Crippen LogP contribution in [0.5, 0.6) is 0 Å². The van der Waals surface area contributed by atoms with Gasteiger partial charge in [-0.15, -0.1) is 0 Å². The molecule has 1 aliphatic heterocycles. The molecule has 6 nitrogen and oxygen atoms in total. The van der Waals surface area contributed by atoms with Crippen molar-refractivity contribution in [1.82, 2.24) is 15.0 Å². The number of aromatic nitrogens is 3. The zero-order chi connectivity index (χ0) is 14.8. The van der Waals surface area contributed by atoms with Crippen molar-refractivity contribution in [3.8, 4) is 0 Å². The fourth-order valence-corrected chi connectivity index (χ4v) is 2.68. The molecule has 2 aromatic rings. The summed E-state index contributed by atoms with van der Waals surface area (Å²) in [6.07, 6.45) is 0.918. The maximum Gasteiger partial charge on any atom is 0.228 e. The van der Waals surface area contributed by atoms with Crippen molar-refractivity contribution >= 4 is 11.9 Å². The van der Waals surface area contributed by atoms with Crippen LogP contribution in [0.3, 0.4) is 0 Å². The van der Waals surface area contributed by atoms with Gasteiger partial charge >= 0.3 is 0 Å². The number of rotatable bonds is 4. The largest absolute Gasteiger partial charge is 0.372 e. The van der Waals surface area contributed by atoms with Crippen LogP contribution in [0.2, 0.25) is 0 Å². The van der Waals surface area contributed by atoms with Crippen molar-refractivity contribution in [1.29, 1.82) is 0 Å². The lowest BCUT2D eigenvalue weighted by molar-refractivity contribution is 0.134. The molecule has 6 heteroatoms. The number of hydrogen-bond donors (Lipinski definition) is 2. The number of ether oxygens (including phenoxy) is 1. The molecule has 0 radical (unpaired) electrons. The van der Waals surface area contributed by atoms with Crippen LogP contribution in [-0.4, -0.2) is 15.0 Å². The molecule has 0 saturated heterocycles. The molecule has 1 aliphatic rings. The first-order valence-electron chi connectivity index (χ1n) is 7.10. The highest BCUT2D eigenvalue weighted by Gasteiger charge is 2.20. The smallest absolute Gasteiger partial charge is 0.228 e. The highest BCUT2D eigenvalue weighted by atomic mass is 16.5. The second kappa shape index (κ2) is 5.65. The van der Waals surface area contributed by atoms with E-state index >= 15 is 0 Å². The van der Waals surface area contributed by atoms with Gasteiger partial charge in [-0.25, -0.2) is 0 Å². The number of hydrogen-bond acceptors (Lipinski definition) is 6. The zero-order valence-electron chi connectivity index (χ0n) is 12.3. The minimum atomic E-state index is 0.128. The second-order valence-electron chi connectivity index (χ2n) is 5.15. The molecule has 3 N–H and O–H groups in total. The Morgan fingerprint density at radius 3 is 2.90 bits per heavy atom. The summed E-state index contributed by atoms with van der Waals surface area (Å²) in [6, 6.07) is 6.44. The summed E-state index contributed by atoms with van der Waals surface area (Å²) < 4.78 is 5.55. The van der Waals surface area contributed by atoms with Crippen LogP contribution >= 0.6 is 0 Å². The van der Waals surface area contributed by atoms with Gasteiger partial charge in [-0.05, 0) is 30.0 Å². The highest BCUT2D eigenvalue weighted by molar-refractivity contribution is 5.42. The lowest BCUT2D eigenvalue weighted by Crippen LogP contribution is -2.15. The Hall–Kier alpha value is -2.21. The Bertz CT molecular complexity index is 638. The van der Waals surface area contributed by atoms with Crippen LogP contribution in [0.4, 0.5) is 11.9 Å². The van der Waals surface area contributed by atoms with E-state index in [4.69, 9.17) is 10.5 Å². The lowest BCUT2D eigenvalue weighted by atomic mass is 9.96. The molecule has 0 bridgehead atoms. The summed E-state index contributed by atoms with van der Waals surface area (Å²) in [5.41, 5.74) is 9.46. The molecule has 1 unspecified atom stereocenters. The Morgan fingerprint density at radius 1 is 1.29 bits per heavy atom. The van der Waals surface area contributed by atoms with E-state index in [1.165, 1.54) is 16.7 Å². The van der Waals surface area contributed by atoms with E-state index in [1.54, 1.807) is 6.92 Å². The number of nitrogens with one attached hydrogen (secondary N) is 1. The summed E-state index contributed by atoms with van der Waals surface area (Å²) in [6.45, 7) is 5.29. The van der Waals surface area contributed by atoms with Gasteiger partial charge in [-0.1, -0.05) is 25.1 Å². The normalized spacial score (nSPS) is 14.8. The van der Waals surface area contributed by atoms with E-state index in [0.717, 1.165) is 6.42 Å². The van der Waals surface area contributed by atoms with Gasteiger partial charge < -0.3 is 15.8 Å². The number of anilines is 2. The number of nitrogens with two attached hydrogens (primary N) is 1. The first kappa shape index (κ1) is 13.8. The second-order valence-corrected chi connectivity index (χ2v) is 5.15. The molecule has 1 atom stereocenters. The first-order valence-corrected chi connectivity index (χ1v) is 7.10. The van der Waals surface area contributed by atoms with Crippen molar-refractivity contribution in [2.75, 3.05) is 11.1 Å². The van der Waals surface area contributed by atoms with E-state index in [1.807, 2.05) is 0 Å². The number of fused-ring (bicyclic) bond motifs is 1. The van der Waals surface area contributed by atoms with Crippen molar-refractivity contribution in [3.05, 3.63) is 40.7 Å². The minimum Gasteiger partial charge on any atom is -0.372 e. The Morgan fingerprint density at radius 2 is 2.14 bits per heavy atom. The third-order valence-electron chi connectivity index (χ3n) is 3.66. The van der Waals surface area contributed by atoms with Gasteiger partial charge in [-0.2, -0.15) is 15.0 Å². The van der Waals surface area contributed by atoms with Crippen LogP contribution in [0, 0.1) is 6.92 Å². The summed E-state index contributed by atoms with van der Waals surface area (Å²) in [5.74, 6) is 1.37. The van der Waals surface area contributed by atoms with Crippen molar-refractivity contribution in [3.63, 3.8) is 0 Å². The highest BCUT2D eigenvalue weighted by Crippen LogP contribution is 2.30. The third-order valence-corrected chi connectivity index (χ3v) is 3.66. The predicted octanol–water partition coefficient (Wildman–Crippen LogP) is 2.36. The van der Waals surface area contributed by atoms with Gasteiger partial charge in [0.25, 0.3) is 0 Å². The van der Waals surface area contributed by atoms with Crippen LogP contribution in [0.15, 0.2) is 18.2 Å². The molecule has 0 amide bonds. The molecule has 0 aliphatic carbocycles. The molecule has 0 spiro atoms. The molecule has 1 aromatic carbocycles. The topological polar surface area (TPSA) is 86.0 Å². The number of nitrogen functional groups attached to an aromatic ring is 1. The summed E-state index contributed by atoms with van der Waals surface area (Å²) in [7, 11) is 0. The summed E-state index contributed by atoms with van der Waals surface area (Å²) >= 11 is 0. The van der Waals surface area contributed by atoms with E-state index in [2.05, 4.69) is 45.4 Å². The van der Waals surface area contributed by atoms with E-state index in [9.17, 15) is 0 Å². The number of benzene rings is 1. The van der Waals surface area contributed by atoms with Gasteiger partial charge in [0.15, 0.2) is 0 Å². The molecule has 3 rings (SSSR count). The molecular weight excluding hydrogens is 266 g/mol. The van der Waals surface area contributed by atoms with Crippen molar-refractivity contribution < 1.29 is 4.74 Å². The van der Waals surface area contributed by atoms with E-state index < -0.39 is 0 Å². The van der Waals surface area contributed by atoms with Crippen LogP contribution < -0.4 is 11.1 Å². The molecule has 0 saturated carbocycles. The standard InChI is InChI=1S/C15H19N5O/c1-3-13(19-15-18-9(2)17-14(16)20-15)11-6-4-5-10-7-21-8-12(10)11/h4-6,13H,3,7-8H2,1-2H3,(H3,16,17,18,19,20). The van der Waals surface area contributed by atoms with Crippen molar-refractivity contribution in [2.45, 2.75) is 39.5 Å². The van der Waals surface area contributed by atoms with Crippen LogP contribution in [0.1, 0.15) is 41.9 Å². The Kier molecular flexibility index (Phi) is 3.70. The number of nitrogens with zero attached hydrogens (tertiary/aromatic N) is 3. The maximum absolute atomic E-state index is 5.68. The van der Waals surface area contributed by atoms with Crippen LogP contribution in [-0.2, 0) is 18.0 Å². The lowest BCUT2D eigenvalue weighted by Gasteiger charge is -2.20. The van der Waals surface area contributed by atoms with Gasteiger partial charge in [0.1, 0.15) is 5.82 Å². The molecule has 21 heavy (non-hydrogen) atoms. The van der Waals surface area contributed by atoms with Gasteiger partial charge in [0.2, 0.25) is 11.9 Å². The minimum absolute atomic E-state index is 0.128. The Labute approximate surface area is 123 Å². The van der Waals surface area contributed by atoms with Gasteiger partial charge in [0, 0.05) is 0 Å². The number of aryl methyl sites for hydroxylation is 1. The molecular formula is C15H19N5O. The fourth-order valence-electron chi connectivity index (χ4n) is 2.68.